The number of hydrogen-bond donors (Lipinski definition) is 0. The number of anilines is 1. The smallest absolute Gasteiger partial charge is 0.140 e. The molecule has 0 saturated carbocycles. The van der Waals surface area contributed by atoms with Gasteiger partial charge in [-0.25, -0.2) is 14.4 Å². The molecule has 2 aromatic carbocycles. The number of morpholine rings is 1. The second-order valence-corrected chi connectivity index (χ2v) is 6.63. The molecule has 0 spiro atoms. The van der Waals surface area contributed by atoms with Gasteiger partial charge >= 0.3 is 0 Å². The Bertz CT molecular complexity index is 872. The molecule has 0 aliphatic carbocycles. The molecular weight excluding hydrogens is 373 g/mol. The van der Waals surface area contributed by atoms with Crippen molar-refractivity contribution >= 4 is 32.7 Å². The van der Waals surface area contributed by atoms with E-state index in [4.69, 9.17) is 4.74 Å². The van der Waals surface area contributed by atoms with Gasteiger partial charge in [0, 0.05) is 22.9 Å². The van der Waals surface area contributed by atoms with Gasteiger partial charge in [0.05, 0.1) is 12.1 Å². The molecule has 1 saturated heterocycles. The number of ether oxygens (including phenoxy) is 1. The zero-order chi connectivity index (χ0) is 16.5. The number of hydrogen-bond acceptors (Lipinski definition) is 4. The predicted molar refractivity (Wildman–Crippen MR) is 94.5 cm³/mol. The molecule has 1 aliphatic heterocycles. The van der Waals surface area contributed by atoms with Crippen molar-refractivity contribution in [3.05, 3.63) is 64.6 Å². The molecule has 4 rings (SSSR count). The Morgan fingerprint density at radius 3 is 2.79 bits per heavy atom. The van der Waals surface area contributed by atoms with Gasteiger partial charge in [-0.2, -0.15) is 0 Å². The topological polar surface area (TPSA) is 38.2 Å². The third-order valence-electron chi connectivity index (χ3n) is 4.18. The molecule has 3 aromatic rings. The minimum Gasteiger partial charge on any atom is -0.370 e. The van der Waals surface area contributed by atoms with Crippen molar-refractivity contribution in [2.24, 2.45) is 0 Å². The highest BCUT2D eigenvalue weighted by atomic mass is 79.9. The number of rotatable bonds is 2. The van der Waals surface area contributed by atoms with Crippen molar-refractivity contribution in [2.45, 2.75) is 6.10 Å². The van der Waals surface area contributed by atoms with Crippen molar-refractivity contribution in [3.63, 3.8) is 0 Å². The number of fused-ring (bicyclic) bond motifs is 1. The molecule has 1 unspecified atom stereocenters. The van der Waals surface area contributed by atoms with E-state index in [2.05, 4.69) is 42.9 Å². The van der Waals surface area contributed by atoms with Crippen molar-refractivity contribution in [1.82, 2.24) is 9.97 Å². The summed E-state index contributed by atoms with van der Waals surface area (Å²) in [4.78, 5) is 10.8. The van der Waals surface area contributed by atoms with Gasteiger partial charge in [-0.1, -0.05) is 28.1 Å². The normalized spacial score (nSPS) is 18.1. The zero-order valence-corrected chi connectivity index (χ0v) is 14.4. The maximum absolute atomic E-state index is 13.7. The van der Waals surface area contributed by atoms with Crippen LogP contribution in [0.2, 0.25) is 0 Å². The molecule has 122 valence electrons. The second kappa shape index (κ2) is 6.45. The summed E-state index contributed by atoms with van der Waals surface area (Å²) >= 11 is 3.45. The maximum Gasteiger partial charge on any atom is 0.140 e. The van der Waals surface area contributed by atoms with E-state index in [1.807, 2.05) is 12.1 Å². The summed E-state index contributed by atoms with van der Waals surface area (Å²) in [6.45, 7) is 1.99. The van der Waals surface area contributed by atoms with E-state index < -0.39 is 0 Å². The van der Waals surface area contributed by atoms with E-state index in [-0.39, 0.29) is 11.9 Å². The van der Waals surface area contributed by atoms with Gasteiger partial charge in [-0.3, -0.25) is 0 Å². The Labute approximate surface area is 147 Å². The van der Waals surface area contributed by atoms with Crippen molar-refractivity contribution in [1.29, 1.82) is 0 Å². The van der Waals surface area contributed by atoms with Crippen LogP contribution in [-0.2, 0) is 4.74 Å². The van der Waals surface area contributed by atoms with Crippen LogP contribution in [0, 0.1) is 5.82 Å². The Balaban J connectivity index is 1.67. The lowest BCUT2D eigenvalue weighted by Gasteiger charge is -2.34. The van der Waals surface area contributed by atoms with E-state index in [0.29, 0.717) is 13.2 Å². The minimum absolute atomic E-state index is 0.0366. The van der Waals surface area contributed by atoms with Crippen LogP contribution in [0.15, 0.2) is 53.3 Å². The lowest BCUT2D eigenvalue weighted by atomic mass is 10.1. The Morgan fingerprint density at radius 1 is 1.12 bits per heavy atom. The summed E-state index contributed by atoms with van der Waals surface area (Å²) in [6.07, 6.45) is 1.49. The average molecular weight is 388 g/mol. The summed E-state index contributed by atoms with van der Waals surface area (Å²) in [7, 11) is 0. The fraction of sp³-hybridized carbons (Fsp3) is 0.222. The number of nitrogens with zero attached hydrogens (tertiary/aromatic N) is 3. The first-order chi connectivity index (χ1) is 11.7. The highest BCUT2D eigenvalue weighted by Crippen LogP contribution is 2.29. The first kappa shape index (κ1) is 15.5. The molecule has 1 aromatic heterocycles. The lowest BCUT2D eigenvalue weighted by molar-refractivity contribution is 0.0396. The standard InChI is InChI=1S/C18H15BrFN3O/c19-13-3-1-12(2-4-13)17-10-23(7-8-24-17)18-15-9-14(20)5-6-16(15)21-11-22-18/h1-6,9,11,17H,7-8,10H2. The molecule has 1 aliphatic rings. The van der Waals surface area contributed by atoms with E-state index >= 15 is 0 Å². The molecule has 6 heteroatoms. The highest BCUT2D eigenvalue weighted by Gasteiger charge is 2.24. The van der Waals surface area contributed by atoms with Gasteiger partial charge in [0.15, 0.2) is 0 Å². The molecule has 0 amide bonds. The third kappa shape index (κ3) is 2.99. The molecule has 4 nitrogen and oxygen atoms in total. The quantitative estimate of drug-likeness (QED) is 0.663. The van der Waals surface area contributed by atoms with Crippen molar-refractivity contribution in [2.75, 3.05) is 24.6 Å². The summed E-state index contributed by atoms with van der Waals surface area (Å²) in [5.74, 6) is 0.473. The van der Waals surface area contributed by atoms with Gasteiger partial charge in [-0.15, -0.1) is 0 Å². The summed E-state index contributed by atoms with van der Waals surface area (Å²) in [6, 6.07) is 12.7. The van der Waals surface area contributed by atoms with E-state index in [9.17, 15) is 4.39 Å². The highest BCUT2D eigenvalue weighted by molar-refractivity contribution is 9.10. The molecule has 0 N–H and O–H groups in total. The van der Waals surface area contributed by atoms with Crippen LogP contribution in [0.5, 0.6) is 0 Å². The van der Waals surface area contributed by atoms with Crippen LogP contribution < -0.4 is 4.90 Å². The molecular formula is C18H15BrFN3O. The molecule has 2 heterocycles. The monoisotopic (exact) mass is 387 g/mol. The number of halogens is 2. The van der Waals surface area contributed by atoms with Crippen LogP contribution in [0.4, 0.5) is 10.2 Å². The largest absolute Gasteiger partial charge is 0.370 e. The van der Waals surface area contributed by atoms with Crippen LogP contribution in [0.1, 0.15) is 11.7 Å². The molecule has 1 fully saturated rings. The Kier molecular flexibility index (Phi) is 4.16. The third-order valence-corrected chi connectivity index (χ3v) is 4.71. The van der Waals surface area contributed by atoms with Gasteiger partial charge in [0.1, 0.15) is 24.1 Å². The fourth-order valence-corrected chi connectivity index (χ4v) is 3.25. The van der Waals surface area contributed by atoms with E-state index in [1.165, 1.54) is 18.5 Å². The second-order valence-electron chi connectivity index (χ2n) is 5.72. The summed E-state index contributed by atoms with van der Waals surface area (Å²) in [5, 5.41) is 0.731. The maximum atomic E-state index is 13.7. The predicted octanol–water partition coefficient (Wildman–Crippen LogP) is 4.11. The Morgan fingerprint density at radius 2 is 1.96 bits per heavy atom. The van der Waals surface area contributed by atoms with Crippen LogP contribution in [0.25, 0.3) is 10.9 Å². The van der Waals surface area contributed by atoms with Crippen LogP contribution in [0.3, 0.4) is 0 Å². The van der Waals surface area contributed by atoms with Crippen molar-refractivity contribution in [3.8, 4) is 0 Å². The zero-order valence-electron chi connectivity index (χ0n) is 12.8. The van der Waals surface area contributed by atoms with Gasteiger partial charge < -0.3 is 9.64 Å². The first-order valence-corrected chi connectivity index (χ1v) is 8.52. The fourth-order valence-electron chi connectivity index (χ4n) is 2.99. The van der Waals surface area contributed by atoms with E-state index in [1.54, 1.807) is 6.07 Å². The molecule has 0 bridgehead atoms. The van der Waals surface area contributed by atoms with Crippen LogP contribution in [-0.4, -0.2) is 29.7 Å². The molecule has 1 atom stereocenters. The van der Waals surface area contributed by atoms with Crippen LogP contribution >= 0.6 is 15.9 Å². The summed E-state index contributed by atoms with van der Waals surface area (Å²) < 4.78 is 20.6. The van der Waals surface area contributed by atoms with Gasteiger partial charge in [-0.05, 0) is 35.9 Å². The van der Waals surface area contributed by atoms with Crippen molar-refractivity contribution < 1.29 is 9.13 Å². The Hall–Kier alpha value is -2.05. The SMILES string of the molecule is Fc1ccc2ncnc(N3CCOC(c4ccc(Br)cc4)C3)c2c1. The first-order valence-electron chi connectivity index (χ1n) is 7.73. The molecule has 0 radical (unpaired) electrons. The average Bonchev–Trinajstić information content (AvgIpc) is 2.62. The van der Waals surface area contributed by atoms with Gasteiger partial charge in [0.2, 0.25) is 0 Å². The molecule has 24 heavy (non-hydrogen) atoms. The van der Waals surface area contributed by atoms with Gasteiger partial charge in [0.25, 0.3) is 0 Å². The minimum atomic E-state index is -0.281. The summed E-state index contributed by atoms with van der Waals surface area (Å²) in [5.41, 5.74) is 1.86. The lowest BCUT2D eigenvalue weighted by Crippen LogP contribution is -2.39. The number of aromatic nitrogens is 2. The van der Waals surface area contributed by atoms with E-state index in [0.717, 1.165) is 33.3 Å². The number of benzene rings is 2.